The second-order valence-corrected chi connectivity index (χ2v) is 5.48. The maximum atomic E-state index is 6.01. The SMILES string of the molecule is Cc1cc(N2CCN(c3cc(Cl)nc(C)n3)CC2)ncn1. The van der Waals surface area contributed by atoms with Crippen molar-refractivity contribution in [2.75, 3.05) is 36.0 Å². The Morgan fingerprint density at radius 3 is 2.19 bits per heavy atom. The zero-order valence-electron chi connectivity index (χ0n) is 12.1. The fraction of sp³-hybridized carbons (Fsp3) is 0.429. The molecule has 6 nitrogen and oxygen atoms in total. The molecular formula is C14H17ClN6. The van der Waals surface area contributed by atoms with Crippen molar-refractivity contribution in [1.82, 2.24) is 19.9 Å². The molecule has 7 heteroatoms. The third kappa shape index (κ3) is 3.21. The number of aryl methyl sites for hydroxylation is 2. The average Bonchev–Trinajstić information content (AvgIpc) is 2.46. The van der Waals surface area contributed by atoms with E-state index >= 15 is 0 Å². The van der Waals surface area contributed by atoms with Crippen LogP contribution in [-0.2, 0) is 0 Å². The summed E-state index contributed by atoms with van der Waals surface area (Å²) in [5.74, 6) is 2.58. The summed E-state index contributed by atoms with van der Waals surface area (Å²) < 4.78 is 0. The predicted octanol–water partition coefficient (Wildman–Crippen LogP) is 1.86. The summed E-state index contributed by atoms with van der Waals surface area (Å²) in [5.41, 5.74) is 0.987. The first-order valence-electron chi connectivity index (χ1n) is 6.91. The minimum absolute atomic E-state index is 0.492. The Bertz CT molecular complexity index is 619. The maximum Gasteiger partial charge on any atom is 0.134 e. The summed E-state index contributed by atoms with van der Waals surface area (Å²) in [6.45, 7) is 7.41. The standard InChI is InChI=1S/C14H17ClN6/c1-10-7-13(17-9-16-10)20-3-5-21(6-4-20)14-8-12(15)18-11(2)19-14/h7-9H,3-6H2,1-2H3. The Labute approximate surface area is 128 Å². The largest absolute Gasteiger partial charge is 0.353 e. The zero-order chi connectivity index (χ0) is 14.8. The van der Waals surface area contributed by atoms with Gasteiger partial charge in [-0.2, -0.15) is 0 Å². The van der Waals surface area contributed by atoms with E-state index < -0.39 is 0 Å². The Morgan fingerprint density at radius 2 is 1.57 bits per heavy atom. The van der Waals surface area contributed by atoms with Gasteiger partial charge in [0.1, 0.15) is 28.9 Å². The molecule has 1 aliphatic heterocycles. The topological polar surface area (TPSA) is 58.0 Å². The van der Waals surface area contributed by atoms with Crippen LogP contribution in [-0.4, -0.2) is 46.1 Å². The summed E-state index contributed by atoms with van der Waals surface area (Å²) in [4.78, 5) is 21.5. The normalized spacial score (nSPS) is 15.4. The van der Waals surface area contributed by atoms with E-state index in [1.165, 1.54) is 0 Å². The van der Waals surface area contributed by atoms with Gasteiger partial charge in [0.15, 0.2) is 0 Å². The molecule has 3 rings (SSSR count). The second kappa shape index (κ2) is 5.81. The highest BCUT2D eigenvalue weighted by Gasteiger charge is 2.19. The van der Waals surface area contributed by atoms with E-state index in [1.807, 2.05) is 26.0 Å². The first-order valence-corrected chi connectivity index (χ1v) is 7.29. The van der Waals surface area contributed by atoms with Crippen LogP contribution in [0.2, 0.25) is 5.15 Å². The van der Waals surface area contributed by atoms with Crippen molar-refractivity contribution in [2.45, 2.75) is 13.8 Å². The van der Waals surface area contributed by atoms with Crippen molar-refractivity contribution in [3.05, 3.63) is 35.1 Å². The molecule has 1 fully saturated rings. The van der Waals surface area contributed by atoms with Crippen molar-refractivity contribution < 1.29 is 0 Å². The number of anilines is 2. The number of rotatable bonds is 2. The van der Waals surface area contributed by atoms with Crippen molar-refractivity contribution >= 4 is 23.2 Å². The lowest BCUT2D eigenvalue weighted by atomic mass is 10.3. The smallest absolute Gasteiger partial charge is 0.134 e. The van der Waals surface area contributed by atoms with E-state index in [1.54, 1.807) is 6.33 Å². The number of hydrogen-bond donors (Lipinski definition) is 0. The highest BCUT2D eigenvalue weighted by Crippen LogP contribution is 2.20. The first kappa shape index (κ1) is 14.0. The van der Waals surface area contributed by atoms with E-state index in [9.17, 15) is 0 Å². The summed E-state index contributed by atoms with van der Waals surface area (Å²) in [5, 5.41) is 0.492. The van der Waals surface area contributed by atoms with E-state index in [2.05, 4.69) is 29.7 Å². The highest BCUT2D eigenvalue weighted by atomic mass is 35.5. The minimum Gasteiger partial charge on any atom is -0.353 e. The molecule has 0 saturated carbocycles. The molecule has 0 unspecified atom stereocenters. The summed E-state index contributed by atoms with van der Waals surface area (Å²) >= 11 is 6.01. The van der Waals surface area contributed by atoms with Crippen LogP contribution in [0.3, 0.4) is 0 Å². The number of aromatic nitrogens is 4. The van der Waals surface area contributed by atoms with E-state index in [0.29, 0.717) is 11.0 Å². The molecule has 0 N–H and O–H groups in total. The molecule has 0 aliphatic carbocycles. The van der Waals surface area contributed by atoms with Gasteiger partial charge in [0.05, 0.1) is 0 Å². The van der Waals surface area contributed by atoms with Crippen LogP contribution in [0, 0.1) is 13.8 Å². The average molecular weight is 305 g/mol. The molecule has 1 saturated heterocycles. The van der Waals surface area contributed by atoms with Crippen molar-refractivity contribution in [1.29, 1.82) is 0 Å². The van der Waals surface area contributed by atoms with E-state index in [-0.39, 0.29) is 0 Å². The molecule has 21 heavy (non-hydrogen) atoms. The lowest BCUT2D eigenvalue weighted by Gasteiger charge is -2.36. The van der Waals surface area contributed by atoms with Gasteiger partial charge in [-0.05, 0) is 13.8 Å². The van der Waals surface area contributed by atoms with Gasteiger partial charge in [-0.25, -0.2) is 19.9 Å². The summed E-state index contributed by atoms with van der Waals surface area (Å²) in [7, 11) is 0. The monoisotopic (exact) mass is 304 g/mol. The molecule has 0 radical (unpaired) electrons. The van der Waals surface area contributed by atoms with Crippen LogP contribution in [0.5, 0.6) is 0 Å². The molecule has 0 spiro atoms. The van der Waals surface area contributed by atoms with Gasteiger partial charge in [0, 0.05) is 44.0 Å². The lowest BCUT2D eigenvalue weighted by molar-refractivity contribution is 0.639. The van der Waals surface area contributed by atoms with E-state index in [0.717, 1.165) is 43.5 Å². The molecule has 0 atom stereocenters. The van der Waals surface area contributed by atoms with Crippen LogP contribution >= 0.6 is 11.6 Å². The van der Waals surface area contributed by atoms with Gasteiger partial charge in [-0.1, -0.05) is 11.6 Å². The highest BCUT2D eigenvalue weighted by molar-refractivity contribution is 6.29. The fourth-order valence-electron chi connectivity index (χ4n) is 2.46. The lowest BCUT2D eigenvalue weighted by Crippen LogP contribution is -2.47. The minimum atomic E-state index is 0.492. The van der Waals surface area contributed by atoms with Crippen molar-refractivity contribution in [3.63, 3.8) is 0 Å². The van der Waals surface area contributed by atoms with Gasteiger partial charge in [0.25, 0.3) is 0 Å². The Morgan fingerprint density at radius 1 is 0.905 bits per heavy atom. The molecule has 2 aromatic heterocycles. The predicted molar refractivity (Wildman–Crippen MR) is 83.0 cm³/mol. The van der Waals surface area contributed by atoms with Gasteiger partial charge >= 0.3 is 0 Å². The third-order valence-electron chi connectivity index (χ3n) is 3.51. The van der Waals surface area contributed by atoms with Crippen LogP contribution in [0.4, 0.5) is 11.6 Å². The Kier molecular flexibility index (Phi) is 3.88. The number of halogens is 1. The Hall–Kier alpha value is -1.95. The van der Waals surface area contributed by atoms with Gasteiger partial charge in [-0.15, -0.1) is 0 Å². The van der Waals surface area contributed by atoms with Gasteiger partial charge in [0.2, 0.25) is 0 Å². The molecule has 0 bridgehead atoms. The van der Waals surface area contributed by atoms with Crippen LogP contribution in [0.1, 0.15) is 11.5 Å². The summed E-state index contributed by atoms with van der Waals surface area (Å²) in [6, 6.07) is 3.83. The second-order valence-electron chi connectivity index (χ2n) is 5.09. The molecule has 110 valence electrons. The maximum absolute atomic E-state index is 6.01. The Balaban J connectivity index is 1.70. The first-order chi connectivity index (χ1) is 10.1. The molecule has 3 heterocycles. The number of hydrogen-bond acceptors (Lipinski definition) is 6. The molecule has 1 aliphatic rings. The zero-order valence-corrected chi connectivity index (χ0v) is 12.9. The molecule has 0 aromatic carbocycles. The van der Waals surface area contributed by atoms with Gasteiger partial charge < -0.3 is 9.80 Å². The van der Waals surface area contributed by atoms with Crippen molar-refractivity contribution in [3.8, 4) is 0 Å². The summed E-state index contributed by atoms with van der Waals surface area (Å²) in [6.07, 6.45) is 1.62. The molecule has 0 amide bonds. The number of nitrogens with zero attached hydrogens (tertiary/aromatic N) is 6. The van der Waals surface area contributed by atoms with Crippen LogP contribution < -0.4 is 9.80 Å². The van der Waals surface area contributed by atoms with Crippen molar-refractivity contribution in [2.24, 2.45) is 0 Å². The van der Waals surface area contributed by atoms with Crippen LogP contribution in [0.25, 0.3) is 0 Å². The third-order valence-corrected chi connectivity index (χ3v) is 3.70. The van der Waals surface area contributed by atoms with Crippen LogP contribution in [0.15, 0.2) is 18.5 Å². The van der Waals surface area contributed by atoms with Gasteiger partial charge in [-0.3, -0.25) is 0 Å². The molecule has 2 aromatic rings. The number of piperazine rings is 1. The molecular weight excluding hydrogens is 288 g/mol. The fourth-order valence-corrected chi connectivity index (χ4v) is 2.68. The quantitative estimate of drug-likeness (QED) is 0.789. The van der Waals surface area contributed by atoms with E-state index in [4.69, 9.17) is 11.6 Å².